The minimum Gasteiger partial charge on any atom is -0.507 e. The average Bonchev–Trinajstić information content (AvgIpc) is 3.07. The highest BCUT2D eigenvalue weighted by molar-refractivity contribution is 6.46. The minimum atomic E-state index is -0.741. The number of halogens is 2. The number of aliphatic hydroxyl groups is 1. The zero-order valence-corrected chi connectivity index (χ0v) is 19.0. The van der Waals surface area contributed by atoms with Crippen LogP contribution in [0.5, 0.6) is 0 Å². The van der Waals surface area contributed by atoms with Gasteiger partial charge < -0.3 is 14.7 Å². The van der Waals surface area contributed by atoms with Gasteiger partial charge in [-0.15, -0.1) is 0 Å². The van der Waals surface area contributed by atoms with E-state index >= 15 is 0 Å². The molecule has 4 rings (SSSR count). The Labute approximate surface area is 197 Å². The maximum Gasteiger partial charge on any atom is 0.295 e. The number of Topliss-reactive ketones (excluding diaryl/α,β-unsaturated/α-hetero) is 1. The summed E-state index contributed by atoms with van der Waals surface area (Å²) in [5.74, 6) is -1.52. The Morgan fingerprint density at radius 3 is 2.41 bits per heavy atom. The summed E-state index contributed by atoms with van der Waals surface area (Å²) < 4.78 is 5.38. The normalized spacial score (nSPS) is 21.3. The standard InChI is InChI=1S/C24H24Cl2N2O4/c25-18-8-7-17(15-19(18)26)21-20(22(29)16-5-2-1-3-6-16)23(30)24(31)28(21)10-4-9-27-11-13-32-14-12-27/h1-3,5-8,15,21,29H,4,9-14H2/b22-20-. The number of benzene rings is 2. The lowest BCUT2D eigenvalue weighted by Gasteiger charge is -2.29. The number of hydrogen-bond donors (Lipinski definition) is 1. The first-order chi connectivity index (χ1) is 15.5. The number of hydrogen-bond acceptors (Lipinski definition) is 5. The van der Waals surface area contributed by atoms with Gasteiger partial charge in [-0.3, -0.25) is 14.5 Å². The number of nitrogens with zero attached hydrogens (tertiary/aromatic N) is 2. The van der Waals surface area contributed by atoms with Crippen molar-refractivity contribution in [3.8, 4) is 0 Å². The summed E-state index contributed by atoms with van der Waals surface area (Å²) in [5.41, 5.74) is 1.16. The Morgan fingerprint density at radius 2 is 1.72 bits per heavy atom. The van der Waals surface area contributed by atoms with E-state index in [1.807, 2.05) is 6.07 Å². The van der Waals surface area contributed by atoms with Crippen LogP contribution in [0.1, 0.15) is 23.6 Å². The van der Waals surface area contributed by atoms with Crippen LogP contribution in [-0.4, -0.2) is 66.0 Å². The number of aliphatic hydroxyl groups excluding tert-OH is 1. The van der Waals surface area contributed by atoms with Crippen molar-refractivity contribution in [3.05, 3.63) is 75.3 Å². The summed E-state index contributed by atoms with van der Waals surface area (Å²) in [6, 6.07) is 13.0. The average molecular weight is 475 g/mol. The Balaban J connectivity index is 1.68. The van der Waals surface area contributed by atoms with E-state index in [1.165, 1.54) is 4.90 Å². The molecule has 2 heterocycles. The molecule has 2 aliphatic heterocycles. The van der Waals surface area contributed by atoms with E-state index in [0.717, 1.165) is 19.6 Å². The fourth-order valence-electron chi connectivity index (χ4n) is 4.18. The van der Waals surface area contributed by atoms with Gasteiger partial charge in [0.2, 0.25) is 0 Å². The molecule has 8 heteroatoms. The van der Waals surface area contributed by atoms with Crippen molar-refractivity contribution in [2.75, 3.05) is 39.4 Å². The highest BCUT2D eigenvalue weighted by atomic mass is 35.5. The molecule has 0 saturated carbocycles. The maximum absolute atomic E-state index is 13.0. The van der Waals surface area contributed by atoms with Crippen molar-refractivity contribution in [3.63, 3.8) is 0 Å². The minimum absolute atomic E-state index is 0.0611. The summed E-state index contributed by atoms with van der Waals surface area (Å²) in [7, 11) is 0. The smallest absolute Gasteiger partial charge is 0.295 e. The molecule has 2 saturated heterocycles. The predicted molar refractivity (Wildman–Crippen MR) is 124 cm³/mol. The molecule has 32 heavy (non-hydrogen) atoms. The zero-order valence-electron chi connectivity index (χ0n) is 17.5. The predicted octanol–water partition coefficient (Wildman–Crippen LogP) is 4.14. The van der Waals surface area contributed by atoms with Crippen LogP contribution in [0.2, 0.25) is 10.0 Å². The zero-order chi connectivity index (χ0) is 22.7. The molecule has 0 radical (unpaired) electrons. The molecular weight excluding hydrogens is 451 g/mol. The molecule has 1 N–H and O–H groups in total. The van der Waals surface area contributed by atoms with Crippen LogP contribution in [0.3, 0.4) is 0 Å². The van der Waals surface area contributed by atoms with Gasteiger partial charge in [0.15, 0.2) is 0 Å². The molecule has 0 spiro atoms. The molecule has 0 aromatic heterocycles. The van der Waals surface area contributed by atoms with E-state index in [9.17, 15) is 14.7 Å². The van der Waals surface area contributed by atoms with Gasteiger partial charge in [0.1, 0.15) is 5.76 Å². The van der Waals surface area contributed by atoms with E-state index in [1.54, 1.807) is 42.5 Å². The van der Waals surface area contributed by atoms with E-state index in [0.29, 0.717) is 47.4 Å². The molecule has 6 nitrogen and oxygen atoms in total. The Morgan fingerprint density at radius 1 is 1.00 bits per heavy atom. The highest BCUT2D eigenvalue weighted by Gasteiger charge is 2.45. The van der Waals surface area contributed by atoms with Gasteiger partial charge in [0, 0.05) is 31.7 Å². The number of ether oxygens (including phenoxy) is 1. The van der Waals surface area contributed by atoms with Crippen LogP contribution in [0.4, 0.5) is 0 Å². The molecule has 0 aliphatic carbocycles. The number of carbonyl (C=O) groups is 2. The van der Waals surface area contributed by atoms with Gasteiger partial charge in [-0.05, 0) is 24.1 Å². The second-order valence-corrected chi connectivity index (χ2v) is 8.65. The second-order valence-electron chi connectivity index (χ2n) is 7.84. The number of morpholine rings is 1. The van der Waals surface area contributed by atoms with Crippen molar-refractivity contribution >= 4 is 40.7 Å². The Hall–Kier alpha value is -2.38. The van der Waals surface area contributed by atoms with Gasteiger partial charge in [0.25, 0.3) is 11.7 Å². The van der Waals surface area contributed by atoms with E-state index in [2.05, 4.69) is 4.90 Å². The van der Waals surface area contributed by atoms with Crippen LogP contribution in [0.25, 0.3) is 5.76 Å². The number of carbonyl (C=O) groups excluding carboxylic acids is 2. The van der Waals surface area contributed by atoms with Crippen LogP contribution < -0.4 is 0 Å². The number of ketones is 1. The first-order valence-electron chi connectivity index (χ1n) is 10.6. The van der Waals surface area contributed by atoms with Crippen LogP contribution in [0, 0.1) is 0 Å². The molecule has 2 aromatic carbocycles. The third kappa shape index (κ3) is 4.69. The van der Waals surface area contributed by atoms with Crippen LogP contribution in [0.15, 0.2) is 54.1 Å². The van der Waals surface area contributed by atoms with Crippen molar-refractivity contribution in [1.82, 2.24) is 9.80 Å². The third-order valence-corrected chi connectivity index (χ3v) is 6.56. The van der Waals surface area contributed by atoms with Gasteiger partial charge in [-0.25, -0.2) is 0 Å². The molecule has 168 valence electrons. The fourth-order valence-corrected chi connectivity index (χ4v) is 4.49. The first kappa shape index (κ1) is 22.8. The molecular formula is C24H24Cl2N2O4. The topological polar surface area (TPSA) is 70.1 Å². The number of amides is 1. The monoisotopic (exact) mass is 474 g/mol. The fraction of sp³-hybridized carbons (Fsp3) is 0.333. The van der Waals surface area contributed by atoms with Gasteiger partial charge >= 0.3 is 0 Å². The molecule has 1 amide bonds. The quantitative estimate of drug-likeness (QED) is 0.387. The van der Waals surface area contributed by atoms with Gasteiger partial charge in [-0.2, -0.15) is 0 Å². The molecule has 2 aromatic rings. The van der Waals surface area contributed by atoms with Crippen molar-refractivity contribution in [2.24, 2.45) is 0 Å². The Kier molecular flexibility index (Phi) is 7.16. The van der Waals surface area contributed by atoms with Gasteiger partial charge in [0.05, 0.1) is 34.9 Å². The van der Waals surface area contributed by atoms with Gasteiger partial charge in [-0.1, -0.05) is 59.6 Å². The lowest BCUT2D eigenvalue weighted by Crippen LogP contribution is -2.38. The van der Waals surface area contributed by atoms with Crippen molar-refractivity contribution < 1.29 is 19.4 Å². The highest BCUT2D eigenvalue weighted by Crippen LogP contribution is 2.40. The summed E-state index contributed by atoms with van der Waals surface area (Å²) in [6.45, 7) is 4.26. The number of likely N-dealkylation sites (tertiary alicyclic amines) is 1. The van der Waals surface area contributed by atoms with E-state index in [4.69, 9.17) is 27.9 Å². The third-order valence-electron chi connectivity index (χ3n) is 5.82. The largest absolute Gasteiger partial charge is 0.507 e. The molecule has 2 fully saturated rings. The lowest BCUT2D eigenvalue weighted by molar-refractivity contribution is -0.140. The Bertz CT molecular complexity index is 1040. The molecule has 1 atom stereocenters. The van der Waals surface area contributed by atoms with Crippen LogP contribution in [-0.2, 0) is 14.3 Å². The summed E-state index contributed by atoms with van der Waals surface area (Å²) in [5, 5.41) is 11.7. The van der Waals surface area contributed by atoms with Crippen LogP contribution >= 0.6 is 23.2 Å². The SMILES string of the molecule is O=C1C(=O)N(CCCN2CCOCC2)C(c2ccc(Cl)c(Cl)c2)/C1=C(/O)c1ccccc1. The molecule has 0 bridgehead atoms. The van der Waals surface area contributed by atoms with Crippen molar-refractivity contribution in [1.29, 1.82) is 0 Å². The first-order valence-corrected chi connectivity index (χ1v) is 11.3. The van der Waals surface area contributed by atoms with E-state index < -0.39 is 17.7 Å². The summed E-state index contributed by atoms with van der Waals surface area (Å²) in [4.78, 5) is 29.8. The molecule has 1 unspecified atom stereocenters. The second kappa shape index (κ2) is 10.0. The molecule has 2 aliphatic rings. The van der Waals surface area contributed by atoms with E-state index in [-0.39, 0.29) is 11.3 Å². The van der Waals surface area contributed by atoms with Crippen molar-refractivity contribution in [2.45, 2.75) is 12.5 Å². The maximum atomic E-state index is 13.0. The number of rotatable bonds is 6. The summed E-state index contributed by atoms with van der Waals surface area (Å²) >= 11 is 12.3. The summed E-state index contributed by atoms with van der Waals surface area (Å²) in [6.07, 6.45) is 0.691. The lowest BCUT2D eigenvalue weighted by atomic mass is 9.95.